The number of hydrogen-bond donors (Lipinski definition) is 2. The summed E-state index contributed by atoms with van der Waals surface area (Å²) in [5.74, 6) is -0.905. The third kappa shape index (κ3) is 2.51. The summed E-state index contributed by atoms with van der Waals surface area (Å²) in [6, 6.07) is -0.651. The average molecular weight is 254 g/mol. The second-order valence-corrected chi connectivity index (χ2v) is 5.54. The molecule has 0 bridgehead atoms. The number of aliphatic carboxylic acids is 1. The zero-order chi connectivity index (χ0) is 13.2. The molecule has 1 saturated carbocycles. The molecule has 3 N–H and O–H groups in total. The Kier molecular flexibility index (Phi) is 3.90. The second-order valence-electron chi connectivity index (χ2n) is 5.54. The van der Waals surface area contributed by atoms with E-state index in [0.717, 1.165) is 38.5 Å². The van der Waals surface area contributed by atoms with Gasteiger partial charge in [0, 0.05) is 13.1 Å². The normalized spacial score (nSPS) is 27.2. The summed E-state index contributed by atoms with van der Waals surface area (Å²) in [5.41, 5.74) is 5.24. The van der Waals surface area contributed by atoms with Gasteiger partial charge in [-0.2, -0.15) is 0 Å². The van der Waals surface area contributed by atoms with E-state index in [2.05, 4.69) is 0 Å². The van der Waals surface area contributed by atoms with Crippen LogP contribution in [0.4, 0.5) is 0 Å². The Balaban J connectivity index is 2.14. The molecule has 2 fully saturated rings. The maximum atomic E-state index is 12.5. The van der Waals surface area contributed by atoms with Crippen LogP contribution in [-0.4, -0.2) is 41.0 Å². The molecule has 5 heteroatoms. The van der Waals surface area contributed by atoms with Crippen LogP contribution in [0.25, 0.3) is 0 Å². The van der Waals surface area contributed by atoms with Crippen molar-refractivity contribution in [3.63, 3.8) is 0 Å². The highest BCUT2D eigenvalue weighted by Gasteiger charge is 2.52. The maximum Gasteiger partial charge on any atom is 0.326 e. The molecule has 0 spiro atoms. The van der Waals surface area contributed by atoms with Crippen molar-refractivity contribution in [3.05, 3.63) is 0 Å². The van der Waals surface area contributed by atoms with Crippen LogP contribution in [0.15, 0.2) is 0 Å². The van der Waals surface area contributed by atoms with Gasteiger partial charge in [0.15, 0.2) is 0 Å². The van der Waals surface area contributed by atoms with Crippen LogP contribution < -0.4 is 5.73 Å². The molecule has 1 unspecified atom stereocenters. The number of rotatable bonds is 3. The smallest absolute Gasteiger partial charge is 0.326 e. The van der Waals surface area contributed by atoms with Crippen molar-refractivity contribution in [2.75, 3.05) is 13.1 Å². The Hall–Kier alpha value is -1.10. The van der Waals surface area contributed by atoms with Crippen molar-refractivity contribution in [1.82, 2.24) is 4.90 Å². The van der Waals surface area contributed by atoms with E-state index in [1.54, 1.807) is 4.90 Å². The second kappa shape index (κ2) is 5.26. The zero-order valence-electron chi connectivity index (χ0n) is 10.7. The third-order valence-corrected chi connectivity index (χ3v) is 4.25. The maximum absolute atomic E-state index is 12.5. The predicted octanol–water partition coefficient (Wildman–Crippen LogP) is 0.971. The van der Waals surface area contributed by atoms with E-state index in [1.807, 2.05) is 0 Å². The molecular formula is C13H22N2O3. The van der Waals surface area contributed by atoms with Gasteiger partial charge in [-0.15, -0.1) is 0 Å². The first-order valence-electron chi connectivity index (χ1n) is 6.85. The molecule has 1 aliphatic heterocycles. The zero-order valence-corrected chi connectivity index (χ0v) is 10.7. The molecule has 102 valence electrons. The van der Waals surface area contributed by atoms with Gasteiger partial charge in [-0.1, -0.05) is 19.3 Å². The number of likely N-dealkylation sites (tertiary alicyclic amines) is 1. The Morgan fingerprint density at radius 2 is 1.89 bits per heavy atom. The van der Waals surface area contributed by atoms with E-state index in [9.17, 15) is 14.7 Å². The highest BCUT2D eigenvalue weighted by atomic mass is 16.4. The van der Waals surface area contributed by atoms with Crippen LogP contribution in [0.3, 0.4) is 0 Å². The van der Waals surface area contributed by atoms with Crippen LogP contribution in [0, 0.1) is 5.41 Å². The van der Waals surface area contributed by atoms with Gasteiger partial charge >= 0.3 is 5.97 Å². The molecule has 0 radical (unpaired) electrons. The lowest BCUT2D eigenvalue weighted by atomic mass is 9.98. The van der Waals surface area contributed by atoms with Gasteiger partial charge in [-0.25, -0.2) is 4.79 Å². The van der Waals surface area contributed by atoms with Crippen LogP contribution in [0.5, 0.6) is 0 Å². The monoisotopic (exact) mass is 254 g/mol. The molecule has 0 aromatic carbocycles. The predicted molar refractivity (Wildman–Crippen MR) is 66.9 cm³/mol. The van der Waals surface area contributed by atoms with Gasteiger partial charge in [0.25, 0.3) is 0 Å². The van der Waals surface area contributed by atoms with Crippen LogP contribution in [0.2, 0.25) is 0 Å². The van der Waals surface area contributed by atoms with Gasteiger partial charge in [0.1, 0.15) is 6.04 Å². The van der Waals surface area contributed by atoms with Crippen molar-refractivity contribution < 1.29 is 14.7 Å². The quantitative estimate of drug-likeness (QED) is 0.786. The van der Waals surface area contributed by atoms with Gasteiger partial charge in [0.2, 0.25) is 5.91 Å². The van der Waals surface area contributed by atoms with Crippen molar-refractivity contribution in [2.24, 2.45) is 11.1 Å². The lowest BCUT2D eigenvalue weighted by molar-refractivity contribution is -0.153. The molecule has 0 aromatic rings. The summed E-state index contributed by atoms with van der Waals surface area (Å²) in [4.78, 5) is 25.4. The molecule has 1 saturated heterocycles. The fourth-order valence-electron chi connectivity index (χ4n) is 2.75. The lowest BCUT2D eigenvalue weighted by Crippen LogP contribution is -2.50. The van der Waals surface area contributed by atoms with Crippen molar-refractivity contribution in [1.29, 1.82) is 0 Å². The lowest BCUT2D eigenvalue weighted by Gasteiger charge is -2.33. The van der Waals surface area contributed by atoms with Gasteiger partial charge in [-0.3, -0.25) is 4.79 Å². The van der Waals surface area contributed by atoms with Gasteiger partial charge in [-0.05, 0) is 25.7 Å². The van der Waals surface area contributed by atoms with Crippen LogP contribution in [-0.2, 0) is 9.59 Å². The molecule has 1 heterocycles. The number of hydrogen-bond acceptors (Lipinski definition) is 3. The first-order valence-corrected chi connectivity index (χ1v) is 6.85. The van der Waals surface area contributed by atoms with Crippen molar-refractivity contribution in [2.45, 2.75) is 51.0 Å². The minimum atomic E-state index is -0.877. The topological polar surface area (TPSA) is 83.6 Å². The summed E-state index contributed by atoms with van der Waals surface area (Å²) < 4.78 is 0. The van der Waals surface area contributed by atoms with E-state index in [4.69, 9.17) is 5.73 Å². The Labute approximate surface area is 107 Å². The summed E-state index contributed by atoms with van der Waals surface area (Å²) >= 11 is 0. The molecule has 1 amide bonds. The average Bonchev–Trinajstić information content (AvgIpc) is 3.08. The molecule has 2 aliphatic rings. The molecule has 1 aliphatic carbocycles. The number of carbonyl (C=O) groups excluding carboxylic acids is 1. The highest BCUT2D eigenvalue weighted by molar-refractivity contribution is 5.89. The summed E-state index contributed by atoms with van der Waals surface area (Å²) in [6.45, 7) is 0.909. The summed E-state index contributed by atoms with van der Waals surface area (Å²) in [6.07, 6.45) is 6.12. The van der Waals surface area contributed by atoms with Crippen molar-refractivity contribution >= 4 is 11.9 Å². The Morgan fingerprint density at radius 3 is 2.44 bits per heavy atom. The Morgan fingerprint density at radius 1 is 1.22 bits per heavy atom. The van der Waals surface area contributed by atoms with Gasteiger partial charge < -0.3 is 15.7 Å². The number of carboxylic acids is 1. The van der Waals surface area contributed by atoms with Crippen molar-refractivity contribution in [3.8, 4) is 0 Å². The fraction of sp³-hybridized carbons (Fsp3) is 0.846. The molecule has 0 aromatic heterocycles. The Bertz CT molecular complexity index is 339. The number of carboxylic acid groups (broad SMARTS) is 1. The minimum Gasteiger partial charge on any atom is -0.480 e. The minimum absolute atomic E-state index is 0.0284. The van der Waals surface area contributed by atoms with E-state index in [0.29, 0.717) is 19.5 Å². The summed E-state index contributed by atoms with van der Waals surface area (Å²) in [5, 5.41) is 9.31. The molecule has 18 heavy (non-hydrogen) atoms. The standard InChI is InChI=1S/C13H22N2O3/c14-9-13(6-7-13)12(18)15-8-4-2-1-3-5-10(15)11(16)17/h10H,1-9,14H2,(H,16,17). The molecule has 1 atom stereocenters. The first kappa shape index (κ1) is 13.3. The van der Waals surface area contributed by atoms with E-state index in [-0.39, 0.29) is 5.91 Å². The SMILES string of the molecule is NCC1(C(=O)N2CCCCCCC2C(=O)O)CC1. The largest absolute Gasteiger partial charge is 0.480 e. The third-order valence-electron chi connectivity index (χ3n) is 4.25. The van der Waals surface area contributed by atoms with Gasteiger partial charge in [0.05, 0.1) is 5.41 Å². The molecule has 2 rings (SSSR count). The molecular weight excluding hydrogens is 232 g/mol. The number of carbonyl (C=O) groups is 2. The fourth-order valence-corrected chi connectivity index (χ4v) is 2.75. The first-order chi connectivity index (χ1) is 8.60. The number of nitrogens with zero attached hydrogens (tertiary/aromatic N) is 1. The van der Waals surface area contributed by atoms with E-state index < -0.39 is 17.4 Å². The highest BCUT2D eigenvalue weighted by Crippen LogP contribution is 2.46. The van der Waals surface area contributed by atoms with Crippen LogP contribution >= 0.6 is 0 Å². The summed E-state index contributed by atoms with van der Waals surface area (Å²) in [7, 11) is 0. The number of nitrogens with two attached hydrogens (primary N) is 1. The van der Waals surface area contributed by atoms with E-state index in [1.165, 1.54) is 0 Å². The number of amides is 1. The molecule has 5 nitrogen and oxygen atoms in total. The van der Waals surface area contributed by atoms with Crippen LogP contribution in [0.1, 0.15) is 44.9 Å². The van der Waals surface area contributed by atoms with E-state index >= 15 is 0 Å².